The first kappa shape index (κ1) is 23.1. The third kappa shape index (κ3) is 2.78. The molecule has 0 bridgehead atoms. The van der Waals surface area contributed by atoms with E-state index in [-0.39, 0.29) is 49.0 Å². The molecule has 34 heavy (non-hydrogen) atoms. The van der Waals surface area contributed by atoms with Crippen LogP contribution in [-0.4, -0.2) is 62.5 Å². The molecule has 3 saturated carbocycles. The largest absolute Gasteiger partial charge is 0.515 e. The SMILES string of the molecule is COCO[C@H]1C[C@@]2(C)C(CC[C@@]23OCO[C@@]32COCO2)[C@@H]2CCC3=CC(=O)/C(=C\O)C[C@]3(C)C21. The molecule has 2 saturated heterocycles. The Balaban J connectivity index is 1.43. The summed E-state index contributed by atoms with van der Waals surface area (Å²) >= 11 is 0. The van der Waals surface area contributed by atoms with Crippen molar-refractivity contribution >= 4 is 5.78 Å². The molecule has 0 aromatic rings. The van der Waals surface area contributed by atoms with E-state index in [9.17, 15) is 9.90 Å². The average molecular weight is 477 g/mol. The Morgan fingerprint density at radius 2 is 2.03 bits per heavy atom. The number of allylic oxidation sites excluding steroid dienone is 2. The third-order valence-corrected chi connectivity index (χ3v) is 10.4. The van der Waals surface area contributed by atoms with Gasteiger partial charge in [0.1, 0.15) is 19.0 Å². The first-order chi connectivity index (χ1) is 16.3. The molecule has 2 aliphatic heterocycles. The minimum Gasteiger partial charge on any atom is -0.515 e. The summed E-state index contributed by atoms with van der Waals surface area (Å²) < 4.78 is 36.3. The van der Waals surface area contributed by atoms with E-state index in [1.54, 1.807) is 13.2 Å². The van der Waals surface area contributed by atoms with Gasteiger partial charge in [-0.25, -0.2) is 0 Å². The second-order valence-electron chi connectivity index (χ2n) is 11.5. The summed E-state index contributed by atoms with van der Waals surface area (Å²) in [5.74, 6) is 0.0557. The highest BCUT2D eigenvalue weighted by atomic mass is 16.9. The first-order valence-corrected chi connectivity index (χ1v) is 12.5. The molecule has 6 aliphatic rings. The van der Waals surface area contributed by atoms with Gasteiger partial charge >= 0.3 is 0 Å². The van der Waals surface area contributed by atoms with Crippen LogP contribution in [0.4, 0.5) is 0 Å². The topological polar surface area (TPSA) is 92.7 Å². The van der Waals surface area contributed by atoms with Crippen LogP contribution in [0.2, 0.25) is 0 Å². The minimum absolute atomic E-state index is 0.0694. The predicted molar refractivity (Wildman–Crippen MR) is 119 cm³/mol. The van der Waals surface area contributed by atoms with Gasteiger partial charge in [-0.2, -0.15) is 0 Å². The molecular formula is C26H36O8. The van der Waals surface area contributed by atoms with Gasteiger partial charge in [0, 0.05) is 18.1 Å². The van der Waals surface area contributed by atoms with Crippen molar-refractivity contribution in [1.82, 2.24) is 0 Å². The lowest BCUT2D eigenvalue weighted by molar-refractivity contribution is -0.264. The van der Waals surface area contributed by atoms with Crippen molar-refractivity contribution in [1.29, 1.82) is 0 Å². The Hall–Kier alpha value is -1.29. The summed E-state index contributed by atoms with van der Waals surface area (Å²) in [4.78, 5) is 12.6. The number of carbonyl (C=O) groups excluding carboxylic acids is 1. The highest BCUT2D eigenvalue weighted by molar-refractivity contribution is 6.05. The number of hydrogen-bond acceptors (Lipinski definition) is 8. The van der Waals surface area contributed by atoms with Crippen LogP contribution in [-0.2, 0) is 33.2 Å². The summed E-state index contributed by atoms with van der Waals surface area (Å²) in [5, 5.41) is 9.80. The second-order valence-corrected chi connectivity index (χ2v) is 11.5. The standard InChI is InChI=1S/C26H36O8/c1-23-9-16(11-27)20(28)8-17(23)4-5-18-19-6-7-25(26(34-15-32-25)12-30-14-33-26)24(19,2)10-21(22(18)23)31-13-29-3/h8,11,18-19,21-22,27H,4-7,9-10,12-15H2,1-3H3/b16-11-/t18-,19?,21-,22?,23-,24-,25+,26-/m0/s1. The quantitative estimate of drug-likeness (QED) is 0.375. The van der Waals surface area contributed by atoms with Crippen LogP contribution in [0.15, 0.2) is 23.5 Å². The van der Waals surface area contributed by atoms with Gasteiger partial charge in [0.2, 0.25) is 5.79 Å². The number of rotatable bonds is 3. The smallest absolute Gasteiger partial charge is 0.226 e. The van der Waals surface area contributed by atoms with Crippen molar-refractivity contribution in [2.45, 2.75) is 69.9 Å². The van der Waals surface area contributed by atoms with Gasteiger partial charge in [0.15, 0.2) is 19.4 Å². The van der Waals surface area contributed by atoms with Gasteiger partial charge < -0.3 is 33.5 Å². The number of aliphatic hydroxyl groups is 1. The predicted octanol–water partition coefficient (Wildman–Crippen LogP) is 3.61. The lowest BCUT2D eigenvalue weighted by Gasteiger charge is -2.62. The fraction of sp³-hybridized carbons (Fsp3) is 0.808. The minimum atomic E-state index is -0.872. The van der Waals surface area contributed by atoms with Gasteiger partial charge in [0.05, 0.1) is 12.4 Å². The number of aliphatic hydroxyl groups excluding tert-OH is 1. The van der Waals surface area contributed by atoms with E-state index in [1.165, 1.54) is 5.57 Å². The van der Waals surface area contributed by atoms with Crippen molar-refractivity contribution in [2.24, 2.45) is 28.6 Å². The van der Waals surface area contributed by atoms with Crippen LogP contribution in [0.5, 0.6) is 0 Å². The van der Waals surface area contributed by atoms with Gasteiger partial charge in [-0.3, -0.25) is 4.79 Å². The Morgan fingerprint density at radius 1 is 1.21 bits per heavy atom. The molecule has 0 radical (unpaired) electrons. The number of carbonyl (C=O) groups is 1. The summed E-state index contributed by atoms with van der Waals surface area (Å²) in [7, 11) is 1.65. The van der Waals surface area contributed by atoms with Crippen molar-refractivity contribution in [3.63, 3.8) is 0 Å². The number of fused-ring (bicyclic) bond motifs is 7. The summed E-state index contributed by atoms with van der Waals surface area (Å²) in [5.41, 5.74) is 0.608. The van der Waals surface area contributed by atoms with E-state index in [4.69, 9.17) is 28.4 Å². The molecule has 8 nitrogen and oxygen atoms in total. The molecule has 2 spiro atoms. The highest BCUT2D eigenvalue weighted by Crippen LogP contribution is 2.72. The Kier molecular flexibility index (Phi) is 5.34. The maximum absolute atomic E-state index is 12.6. The van der Waals surface area contributed by atoms with Crippen LogP contribution in [0, 0.1) is 28.6 Å². The molecule has 0 amide bonds. The van der Waals surface area contributed by atoms with E-state index in [2.05, 4.69) is 13.8 Å². The number of ketones is 1. The van der Waals surface area contributed by atoms with Gasteiger partial charge in [0.25, 0.3) is 0 Å². The van der Waals surface area contributed by atoms with Crippen LogP contribution in [0.25, 0.3) is 0 Å². The van der Waals surface area contributed by atoms with Crippen molar-refractivity contribution in [3.8, 4) is 0 Å². The molecular weight excluding hydrogens is 440 g/mol. The Morgan fingerprint density at radius 3 is 2.76 bits per heavy atom. The normalized spacial score (nSPS) is 51.1. The van der Waals surface area contributed by atoms with Crippen LogP contribution in [0.3, 0.4) is 0 Å². The van der Waals surface area contributed by atoms with E-state index in [0.717, 1.165) is 38.4 Å². The van der Waals surface area contributed by atoms with Crippen LogP contribution < -0.4 is 0 Å². The summed E-state index contributed by atoms with van der Waals surface area (Å²) in [6, 6.07) is 0. The molecule has 188 valence electrons. The van der Waals surface area contributed by atoms with E-state index in [0.29, 0.717) is 30.4 Å². The van der Waals surface area contributed by atoms with Crippen molar-refractivity contribution in [3.05, 3.63) is 23.5 Å². The maximum Gasteiger partial charge on any atom is 0.226 e. The van der Waals surface area contributed by atoms with Crippen molar-refractivity contribution in [2.75, 3.05) is 34.1 Å². The zero-order chi connectivity index (χ0) is 23.8. The number of hydrogen-bond donors (Lipinski definition) is 1. The molecule has 4 aliphatic carbocycles. The lowest BCUT2D eigenvalue weighted by Crippen LogP contribution is -2.66. The Bertz CT molecular complexity index is 916. The number of ether oxygens (including phenoxy) is 6. The highest BCUT2D eigenvalue weighted by Gasteiger charge is 2.77. The summed E-state index contributed by atoms with van der Waals surface area (Å²) in [6.07, 6.45) is 7.78. The van der Waals surface area contributed by atoms with Crippen LogP contribution >= 0.6 is 0 Å². The molecule has 2 heterocycles. The summed E-state index contributed by atoms with van der Waals surface area (Å²) in [6.45, 7) is 5.61. The Labute approximate surface area is 200 Å². The van der Waals surface area contributed by atoms with Gasteiger partial charge in [-0.1, -0.05) is 19.4 Å². The molecule has 8 heteroatoms. The molecule has 8 atom stereocenters. The first-order valence-electron chi connectivity index (χ1n) is 12.5. The van der Waals surface area contributed by atoms with E-state index >= 15 is 0 Å². The maximum atomic E-state index is 12.6. The van der Waals surface area contributed by atoms with E-state index < -0.39 is 11.4 Å². The zero-order valence-electron chi connectivity index (χ0n) is 20.3. The molecule has 6 rings (SSSR count). The molecule has 0 aromatic heterocycles. The van der Waals surface area contributed by atoms with Gasteiger partial charge in [-0.15, -0.1) is 0 Å². The van der Waals surface area contributed by atoms with E-state index in [1.807, 2.05) is 0 Å². The average Bonchev–Trinajstić information content (AvgIpc) is 3.52. The molecule has 2 unspecified atom stereocenters. The van der Waals surface area contributed by atoms with Crippen LogP contribution in [0.1, 0.15) is 52.4 Å². The fourth-order valence-corrected chi connectivity index (χ4v) is 9.04. The monoisotopic (exact) mass is 476 g/mol. The molecule has 5 fully saturated rings. The zero-order valence-corrected chi connectivity index (χ0v) is 20.3. The lowest BCUT2D eigenvalue weighted by atomic mass is 9.45. The molecule has 0 aromatic carbocycles. The van der Waals surface area contributed by atoms with Gasteiger partial charge in [-0.05, 0) is 67.8 Å². The number of methoxy groups -OCH3 is 1. The second kappa shape index (κ2) is 7.85. The third-order valence-electron chi connectivity index (χ3n) is 10.4. The fourth-order valence-electron chi connectivity index (χ4n) is 9.04. The van der Waals surface area contributed by atoms with Crippen molar-refractivity contribution < 1.29 is 38.3 Å². The molecule has 1 N–H and O–H groups in total.